The number of hydrogen-bond acceptors (Lipinski definition) is 4. The first-order valence-corrected chi connectivity index (χ1v) is 5.44. The van der Waals surface area contributed by atoms with Gasteiger partial charge in [0.2, 0.25) is 5.91 Å². The molecule has 0 aliphatic heterocycles. The molecule has 17 heavy (non-hydrogen) atoms. The summed E-state index contributed by atoms with van der Waals surface area (Å²) in [5.74, 6) is -1.02. The third-order valence-electron chi connectivity index (χ3n) is 2.28. The van der Waals surface area contributed by atoms with Crippen LogP contribution in [0, 0.1) is 0 Å². The van der Waals surface area contributed by atoms with Crippen LogP contribution in [0.3, 0.4) is 0 Å². The third kappa shape index (κ3) is 3.86. The van der Waals surface area contributed by atoms with Gasteiger partial charge < -0.3 is 10.4 Å². The Morgan fingerprint density at radius 1 is 1.59 bits per heavy atom. The van der Waals surface area contributed by atoms with Crippen molar-refractivity contribution in [3.8, 4) is 0 Å². The van der Waals surface area contributed by atoms with Gasteiger partial charge in [0.1, 0.15) is 6.04 Å². The summed E-state index contributed by atoms with van der Waals surface area (Å²) in [4.78, 5) is 21.9. The van der Waals surface area contributed by atoms with E-state index >= 15 is 0 Å². The normalized spacial score (nSPS) is 12.1. The Labute approximate surface area is 98.8 Å². The van der Waals surface area contributed by atoms with Crippen LogP contribution in [0.5, 0.6) is 0 Å². The van der Waals surface area contributed by atoms with E-state index < -0.39 is 12.0 Å². The minimum atomic E-state index is -0.878. The SMILES string of the molecule is CCNC(=O)C(C)n1cc(CCC(=O)O)nn1. The van der Waals surface area contributed by atoms with Crippen LogP contribution in [0.2, 0.25) is 0 Å². The lowest BCUT2D eigenvalue weighted by atomic mass is 10.2. The summed E-state index contributed by atoms with van der Waals surface area (Å²) >= 11 is 0. The monoisotopic (exact) mass is 240 g/mol. The minimum absolute atomic E-state index is 0.00817. The van der Waals surface area contributed by atoms with E-state index in [0.717, 1.165) is 0 Å². The van der Waals surface area contributed by atoms with Gasteiger partial charge >= 0.3 is 5.97 Å². The Kier molecular flexibility index (Phi) is 4.62. The van der Waals surface area contributed by atoms with Gasteiger partial charge in [-0.2, -0.15) is 0 Å². The second-order valence-electron chi connectivity index (χ2n) is 3.65. The van der Waals surface area contributed by atoms with Crippen LogP contribution in [-0.2, 0) is 16.0 Å². The largest absolute Gasteiger partial charge is 0.481 e. The van der Waals surface area contributed by atoms with Crippen LogP contribution < -0.4 is 5.32 Å². The lowest BCUT2D eigenvalue weighted by molar-refractivity contribution is -0.137. The van der Waals surface area contributed by atoms with Gasteiger partial charge in [-0.25, -0.2) is 4.68 Å². The van der Waals surface area contributed by atoms with Crippen molar-refractivity contribution in [1.29, 1.82) is 0 Å². The first-order chi connectivity index (χ1) is 8.04. The van der Waals surface area contributed by atoms with Crippen molar-refractivity contribution in [3.05, 3.63) is 11.9 Å². The van der Waals surface area contributed by atoms with E-state index in [4.69, 9.17) is 5.11 Å². The molecule has 0 aromatic carbocycles. The number of amides is 1. The predicted molar refractivity (Wildman–Crippen MR) is 59.4 cm³/mol. The molecule has 1 aromatic heterocycles. The zero-order chi connectivity index (χ0) is 12.8. The number of likely N-dealkylation sites (N-methyl/N-ethyl adjacent to an activating group) is 1. The number of carboxylic acids is 1. The number of carbonyl (C=O) groups excluding carboxylic acids is 1. The first-order valence-electron chi connectivity index (χ1n) is 5.44. The molecule has 1 heterocycles. The summed E-state index contributed by atoms with van der Waals surface area (Å²) < 4.78 is 1.43. The highest BCUT2D eigenvalue weighted by Crippen LogP contribution is 2.06. The van der Waals surface area contributed by atoms with Crippen molar-refractivity contribution in [3.63, 3.8) is 0 Å². The molecule has 0 saturated carbocycles. The second-order valence-corrected chi connectivity index (χ2v) is 3.65. The molecule has 94 valence electrons. The van der Waals surface area contributed by atoms with Gasteiger partial charge in [-0.1, -0.05) is 5.21 Å². The average Bonchev–Trinajstić information content (AvgIpc) is 2.74. The van der Waals surface area contributed by atoms with Gasteiger partial charge in [0.15, 0.2) is 0 Å². The molecule has 0 saturated heterocycles. The maximum atomic E-state index is 11.5. The molecule has 1 atom stereocenters. The number of aliphatic carboxylic acids is 1. The summed E-state index contributed by atoms with van der Waals surface area (Å²) in [5, 5.41) is 18.8. The Hall–Kier alpha value is -1.92. The Balaban J connectivity index is 2.60. The van der Waals surface area contributed by atoms with Crippen molar-refractivity contribution in [2.45, 2.75) is 32.7 Å². The topological polar surface area (TPSA) is 97.1 Å². The predicted octanol–water partition coefficient (Wildman–Crippen LogP) is -0.00760. The number of nitrogens with one attached hydrogen (secondary N) is 1. The van der Waals surface area contributed by atoms with E-state index in [0.29, 0.717) is 18.7 Å². The highest BCUT2D eigenvalue weighted by Gasteiger charge is 2.15. The molecule has 0 bridgehead atoms. The van der Waals surface area contributed by atoms with Crippen LogP contribution in [0.15, 0.2) is 6.20 Å². The van der Waals surface area contributed by atoms with Crippen LogP contribution in [0.1, 0.15) is 32.0 Å². The molecule has 0 aliphatic carbocycles. The highest BCUT2D eigenvalue weighted by molar-refractivity contribution is 5.79. The standard InChI is InChI=1S/C10H16N4O3/c1-3-11-10(17)7(2)14-6-8(12-13-14)4-5-9(15)16/h6-7H,3-5H2,1-2H3,(H,11,17)(H,15,16). The van der Waals surface area contributed by atoms with Gasteiger partial charge in [0.25, 0.3) is 0 Å². The average molecular weight is 240 g/mol. The molecule has 1 aromatic rings. The molecule has 2 N–H and O–H groups in total. The molecule has 0 spiro atoms. The summed E-state index contributed by atoms with van der Waals surface area (Å²) in [6, 6.07) is -0.443. The highest BCUT2D eigenvalue weighted by atomic mass is 16.4. The second kappa shape index (κ2) is 5.97. The summed E-state index contributed by atoms with van der Waals surface area (Å²) in [5.41, 5.74) is 0.573. The molecule has 0 fully saturated rings. The van der Waals surface area contributed by atoms with Gasteiger partial charge in [0.05, 0.1) is 12.1 Å². The summed E-state index contributed by atoms with van der Waals surface area (Å²) in [6.45, 7) is 4.11. The lowest BCUT2D eigenvalue weighted by Gasteiger charge is -2.09. The minimum Gasteiger partial charge on any atom is -0.481 e. The molecule has 1 amide bonds. The van der Waals surface area contributed by atoms with Gasteiger partial charge in [0, 0.05) is 19.2 Å². The van der Waals surface area contributed by atoms with E-state index in [9.17, 15) is 9.59 Å². The van der Waals surface area contributed by atoms with E-state index in [2.05, 4.69) is 15.6 Å². The van der Waals surface area contributed by atoms with E-state index in [1.807, 2.05) is 6.92 Å². The fourth-order valence-electron chi connectivity index (χ4n) is 1.29. The maximum Gasteiger partial charge on any atom is 0.303 e. The zero-order valence-corrected chi connectivity index (χ0v) is 9.88. The first kappa shape index (κ1) is 13.1. The molecule has 7 heteroatoms. The molecule has 1 unspecified atom stereocenters. The van der Waals surface area contributed by atoms with Gasteiger partial charge in [-0.15, -0.1) is 5.10 Å². The molecule has 0 aliphatic rings. The molecule has 7 nitrogen and oxygen atoms in total. The fraction of sp³-hybridized carbons (Fsp3) is 0.600. The Morgan fingerprint density at radius 2 is 2.29 bits per heavy atom. The quantitative estimate of drug-likeness (QED) is 0.729. The van der Waals surface area contributed by atoms with Crippen molar-refractivity contribution in [2.75, 3.05) is 6.54 Å². The molecule has 0 radical (unpaired) electrons. The van der Waals surface area contributed by atoms with Crippen molar-refractivity contribution in [1.82, 2.24) is 20.3 Å². The van der Waals surface area contributed by atoms with Crippen LogP contribution in [0.25, 0.3) is 0 Å². The maximum absolute atomic E-state index is 11.5. The number of aromatic nitrogens is 3. The Bertz CT molecular complexity index is 402. The molecule has 1 rings (SSSR count). The van der Waals surface area contributed by atoms with Crippen LogP contribution >= 0.6 is 0 Å². The number of nitrogens with zero attached hydrogens (tertiary/aromatic N) is 3. The summed E-state index contributed by atoms with van der Waals surface area (Å²) in [7, 11) is 0. The molecular weight excluding hydrogens is 224 g/mol. The Morgan fingerprint density at radius 3 is 2.88 bits per heavy atom. The van der Waals surface area contributed by atoms with Gasteiger partial charge in [-0.05, 0) is 13.8 Å². The van der Waals surface area contributed by atoms with Crippen molar-refractivity contribution >= 4 is 11.9 Å². The van der Waals surface area contributed by atoms with E-state index in [1.165, 1.54) is 4.68 Å². The van der Waals surface area contributed by atoms with E-state index in [-0.39, 0.29) is 12.3 Å². The van der Waals surface area contributed by atoms with Crippen molar-refractivity contribution < 1.29 is 14.7 Å². The number of carbonyl (C=O) groups is 2. The van der Waals surface area contributed by atoms with Crippen LogP contribution in [0.4, 0.5) is 0 Å². The van der Waals surface area contributed by atoms with Gasteiger partial charge in [-0.3, -0.25) is 9.59 Å². The molecular formula is C10H16N4O3. The zero-order valence-electron chi connectivity index (χ0n) is 9.88. The van der Waals surface area contributed by atoms with E-state index in [1.54, 1.807) is 13.1 Å². The lowest BCUT2D eigenvalue weighted by Crippen LogP contribution is -2.31. The third-order valence-corrected chi connectivity index (χ3v) is 2.28. The number of carboxylic acid groups (broad SMARTS) is 1. The number of aryl methyl sites for hydroxylation is 1. The number of hydrogen-bond donors (Lipinski definition) is 2. The number of rotatable bonds is 6. The van der Waals surface area contributed by atoms with Crippen molar-refractivity contribution in [2.24, 2.45) is 0 Å². The fourth-order valence-corrected chi connectivity index (χ4v) is 1.29. The smallest absolute Gasteiger partial charge is 0.303 e. The summed E-state index contributed by atoms with van der Waals surface area (Å²) in [6.07, 6.45) is 1.93. The van der Waals surface area contributed by atoms with Crippen LogP contribution in [-0.4, -0.2) is 38.5 Å².